The lowest BCUT2D eigenvalue weighted by Gasteiger charge is -2.38. The van der Waals surface area contributed by atoms with Gasteiger partial charge in [-0.2, -0.15) is 0 Å². The molecule has 1 heterocycles. The van der Waals surface area contributed by atoms with E-state index in [9.17, 15) is 8.42 Å². The highest BCUT2D eigenvalue weighted by Gasteiger charge is 2.23. The maximum absolute atomic E-state index is 11.4. The minimum Gasteiger partial charge on any atom is -0.311 e. The standard InChI is InChI=1S/C15H24N2O2S/c1-4-14-11-17(12(2)9-16-14)10-13-5-7-15(8-6-13)20(3,18)19/h5-8,12,14,16H,4,9-11H2,1-3H3. The first-order chi connectivity index (χ1) is 9.40. The van der Waals surface area contributed by atoms with Gasteiger partial charge in [-0.15, -0.1) is 0 Å². The summed E-state index contributed by atoms with van der Waals surface area (Å²) in [6.45, 7) is 7.37. The molecule has 0 aromatic heterocycles. The summed E-state index contributed by atoms with van der Waals surface area (Å²) in [5.41, 5.74) is 1.17. The van der Waals surface area contributed by atoms with Gasteiger partial charge in [-0.1, -0.05) is 19.1 Å². The largest absolute Gasteiger partial charge is 0.311 e. The van der Waals surface area contributed by atoms with Crippen LogP contribution in [0.25, 0.3) is 0 Å². The molecule has 1 saturated heterocycles. The number of benzene rings is 1. The predicted molar refractivity (Wildman–Crippen MR) is 81.5 cm³/mol. The van der Waals surface area contributed by atoms with Crippen LogP contribution in [0.15, 0.2) is 29.2 Å². The normalized spacial score (nSPS) is 24.8. The van der Waals surface area contributed by atoms with Crippen molar-refractivity contribution in [2.75, 3.05) is 19.3 Å². The third-order valence-electron chi connectivity index (χ3n) is 4.01. The third-order valence-corrected chi connectivity index (χ3v) is 5.14. The quantitative estimate of drug-likeness (QED) is 0.918. The summed E-state index contributed by atoms with van der Waals surface area (Å²) >= 11 is 0. The first-order valence-electron chi connectivity index (χ1n) is 7.16. The fraction of sp³-hybridized carbons (Fsp3) is 0.600. The molecule has 1 aliphatic rings. The van der Waals surface area contributed by atoms with Gasteiger partial charge in [0.1, 0.15) is 0 Å². The fourth-order valence-corrected chi connectivity index (χ4v) is 3.19. The highest BCUT2D eigenvalue weighted by Crippen LogP contribution is 2.16. The number of hydrogen-bond donors (Lipinski definition) is 1. The molecule has 5 heteroatoms. The molecule has 0 bridgehead atoms. The lowest BCUT2D eigenvalue weighted by atomic mass is 10.1. The van der Waals surface area contributed by atoms with Crippen LogP contribution in [0, 0.1) is 0 Å². The van der Waals surface area contributed by atoms with Crippen LogP contribution in [-0.2, 0) is 16.4 Å². The molecule has 0 spiro atoms. The Bertz CT molecular complexity index is 539. The Hall–Kier alpha value is -0.910. The maximum atomic E-state index is 11.4. The average Bonchev–Trinajstić information content (AvgIpc) is 2.41. The van der Waals surface area contributed by atoms with Crippen LogP contribution in [-0.4, -0.2) is 44.7 Å². The monoisotopic (exact) mass is 296 g/mol. The van der Waals surface area contributed by atoms with Crippen molar-refractivity contribution in [3.05, 3.63) is 29.8 Å². The Morgan fingerprint density at radius 3 is 2.50 bits per heavy atom. The lowest BCUT2D eigenvalue weighted by Crippen LogP contribution is -2.54. The second kappa shape index (κ2) is 6.24. The second-order valence-corrected chi connectivity index (χ2v) is 7.72. The fourth-order valence-electron chi connectivity index (χ4n) is 2.56. The van der Waals surface area contributed by atoms with Gasteiger partial charge in [0.15, 0.2) is 9.84 Å². The van der Waals surface area contributed by atoms with Crippen molar-refractivity contribution in [1.29, 1.82) is 0 Å². The molecule has 1 aromatic rings. The molecule has 4 nitrogen and oxygen atoms in total. The molecule has 112 valence electrons. The van der Waals surface area contributed by atoms with Crippen molar-refractivity contribution in [1.82, 2.24) is 10.2 Å². The molecule has 0 radical (unpaired) electrons. The molecule has 0 aliphatic carbocycles. The lowest BCUT2D eigenvalue weighted by molar-refractivity contribution is 0.131. The highest BCUT2D eigenvalue weighted by molar-refractivity contribution is 7.90. The Kier molecular flexibility index (Phi) is 4.83. The summed E-state index contributed by atoms with van der Waals surface area (Å²) in [4.78, 5) is 2.85. The van der Waals surface area contributed by atoms with E-state index in [0.717, 1.165) is 26.1 Å². The zero-order chi connectivity index (χ0) is 14.8. The van der Waals surface area contributed by atoms with E-state index in [1.165, 1.54) is 11.8 Å². The Labute approximate surface area is 122 Å². The first-order valence-corrected chi connectivity index (χ1v) is 9.05. The van der Waals surface area contributed by atoms with Crippen molar-refractivity contribution < 1.29 is 8.42 Å². The molecular formula is C15H24N2O2S. The maximum Gasteiger partial charge on any atom is 0.175 e. The number of hydrogen-bond acceptors (Lipinski definition) is 4. The third kappa shape index (κ3) is 3.81. The molecule has 1 fully saturated rings. The summed E-state index contributed by atoms with van der Waals surface area (Å²) < 4.78 is 22.9. The van der Waals surface area contributed by atoms with E-state index in [4.69, 9.17) is 0 Å². The van der Waals surface area contributed by atoms with E-state index < -0.39 is 9.84 Å². The van der Waals surface area contributed by atoms with E-state index in [1.807, 2.05) is 12.1 Å². The first kappa shape index (κ1) is 15.5. The van der Waals surface area contributed by atoms with Crippen molar-refractivity contribution in [2.45, 2.75) is 43.8 Å². The van der Waals surface area contributed by atoms with E-state index in [2.05, 4.69) is 24.1 Å². The molecule has 0 saturated carbocycles. The smallest absolute Gasteiger partial charge is 0.175 e. The summed E-state index contributed by atoms with van der Waals surface area (Å²) in [5, 5.41) is 3.54. The Morgan fingerprint density at radius 1 is 1.30 bits per heavy atom. The van der Waals surface area contributed by atoms with Crippen molar-refractivity contribution in [2.24, 2.45) is 0 Å². The van der Waals surface area contributed by atoms with Gasteiger partial charge in [0.25, 0.3) is 0 Å². The van der Waals surface area contributed by atoms with Crippen molar-refractivity contribution in [3.8, 4) is 0 Å². The highest BCUT2D eigenvalue weighted by atomic mass is 32.2. The molecular weight excluding hydrogens is 272 g/mol. The summed E-state index contributed by atoms with van der Waals surface area (Å²) in [5.74, 6) is 0. The number of nitrogens with zero attached hydrogens (tertiary/aromatic N) is 1. The van der Waals surface area contributed by atoms with Crippen LogP contribution >= 0.6 is 0 Å². The van der Waals surface area contributed by atoms with Gasteiger partial charge >= 0.3 is 0 Å². The molecule has 2 unspecified atom stereocenters. The van der Waals surface area contributed by atoms with Crippen LogP contribution < -0.4 is 5.32 Å². The topological polar surface area (TPSA) is 49.4 Å². The molecule has 1 N–H and O–H groups in total. The molecule has 20 heavy (non-hydrogen) atoms. The zero-order valence-electron chi connectivity index (χ0n) is 12.5. The van der Waals surface area contributed by atoms with E-state index >= 15 is 0 Å². The van der Waals surface area contributed by atoms with Gasteiger partial charge in [-0.3, -0.25) is 4.90 Å². The summed E-state index contributed by atoms with van der Waals surface area (Å²) in [6, 6.07) is 8.32. The van der Waals surface area contributed by atoms with Gasteiger partial charge in [-0.05, 0) is 31.0 Å². The molecule has 1 aromatic carbocycles. The van der Waals surface area contributed by atoms with Gasteiger partial charge in [0.05, 0.1) is 4.90 Å². The van der Waals surface area contributed by atoms with Crippen LogP contribution in [0.5, 0.6) is 0 Å². The number of nitrogens with one attached hydrogen (secondary N) is 1. The molecule has 1 aliphatic heterocycles. The summed E-state index contributed by atoms with van der Waals surface area (Å²) in [6.07, 6.45) is 2.38. The van der Waals surface area contributed by atoms with E-state index in [1.54, 1.807) is 12.1 Å². The van der Waals surface area contributed by atoms with E-state index in [0.29, 0.717) is 17.0 Å². The van der Waals surface area contributed by atoms with Crippen LogP contribution in [0.1, 0.15) is 25.8 Å². The van der Waals surface area contributed by atoms with Crippen LogP contribution in [0.2, 0.25) is 0 Å². The van der Waals surface area contributed by atoms with Gasteiger partial charge in [0.2, 0.25) is 0 Å². The van der Waals surface area contributed by atoms with Gasteiger partial charge < -0.3 is 5.32 Å². The van der Waals surface area contributed by atoms with Crippen molar-refractivity contribution >= 4 is 9.84 Å². The molecule has 0 amide bonds. The number of sulfone groups is 1. The Balaban J connectivity index is 2.05. The number of piperazine rings is 1. The van der Waals surface area contributed by atoms with Gasteiger partial charge in [0, 0.05) is 38.0 Å². The average molecular weight is 296 g/mol. The van der Waals surface area contributed by atoms with Crippen LogP contribution in [0.4, 0.5) is 0 Å². The predicted octanol–water partition coefficient (Wildman–Crippen LogP) is 1.66. The Morgan fingerprint density at radius 2 is 1.95 bits per heavy atom. The number of rotatable bonds is 4. The van der Waals surface area contributed by atoms with Crippen LogP contribution in [0.3, 0.4) is 0 Å². The molecule has 2 rings (SSSR count). The SMILES string of the molecule is CCC1CN(Cc2ccc(S(C)(=O)=O)cc2)C(C)CN1. The second-order valence-electron chi connectivity index (χ2n) is 5.71. The minimum atomic E-state index is -3.10. The van der Waals surface area contributed by atoms with Crippen molar-refractivity contribution in [3.63, 3.8) is 0 Å². The molecule has 2 atom stereocenters. The minimum absolute atomic E-state index is 0.390. The van der Waals surface area contributed by atoms with Gasteiger partial charge in [-0.25, -0.2) is 8.42 Å². The zero-order valence-corrected chi connectivity index (χ0v) is 13.3. The van der Waals surface area contributed by atoms with E-state index in [-0.39, 0.29) is 0 Å². The summed E-state index contributed by atoms with van der Waals surface area (Å²) in [7, 11) is -3.10.